The monoisotopic (exact) mass is 313 g/mol. The van der Waals surface area contributed by atoms with Crippen LogP contribution in [0.5, 0.6) is 0 Å². The molecule has 6 heteroatoms. The van der Waals surface area contributed by atoms with Crippen LogP contribution in [0.2, 0.25) is 0 Å². The molecule has 2 aliphatic heterocycles. The van der Waals surface area contributed by atoms with Crippen LogP contribution in [0.15, 0.2) is 23.0 Å². The summed E-state index contributed by atoms with van der Waals surface area (Å²) in [5.74, 6) is 0.0324. The molecule has 0 radical (unpaired) electrons. The standard InChI is InChI=1S/C17H19N3O3/c1-2-15-14-7-10(3-6-13(14)16(21)19-18-15)17(22)20-11-4-5-12(20)9-23-8-11/h3,6-7,11-12H,2,4-5,8-9H2,1H3,(H,19,21). The lowest BCUT2D eigenvalue weighted by atomic mass is 10.0. The van der Waals surface area contributed by atoms with Crippen molar-refractivity contribution in [2.24, 2.45) is 0 Å². The molecule has 1 N–H and O–H groups in total. The number of ether oxygens (including phenoxy) is 1. The molecule has 2 atom stereocenters. The van der Waals surface area contributed by atoms with Crippen LogP contribution < -0.4 is 5.56 Å². The van der Waals surface area contributed by atoms with E-state index in [4.69, 9.17) is 4.74 Å². The van der Waals surface area contributed by atoms with Crippen LogP contribution in [0.4, 0.5) is 0 Å². The maximum atomic E-state index is 13.0. The summed E-state index contributed by atoms with van der Waals surface area (Å²) < 4.78 is 5.55. The number of benzene rings is 1. The number of aromatic nitrogens is 2. The molecule has 2 aliphatic rings. The van der Waals surface area contributed by atoms with Crippen LogP contribution in [-0.4, -0.2) is 46.3 Å². The first-order valence-corrected chi connectivity index (χ1v) is 8.10. The van der Waals surface area contributed by atoms with Gasteiger partial charge in [0.05, 0.1) is 36.4 Å². The van der Waals surface area contributed by atoms with Gasteiger partial charge < -0.3 is 9.64 Å². The number of nitrogens with zero attached hydrogens (tertiary/aromatic N) is 2. The molecule has 2 aromatic rings. The molecule has 2 bridgehead atoms. The van der Waals surface area contributed by atoms with Crippen LogP contribution in [0, 0.1) is 0 Å². The number of amides is 1. The van der Waals surface area contributed by atoms with E-state index in [0.717, 1.165) is 23.9 Å². The number of fused-ring (bicyclic) bond motifs is 3. The maximum Gasteiger partial charge on any atom is 0.272 e. The van der Waals surface area contributed by atoms with Gasteiger partial charge >= 0.3 is 0 Å². The highest BCUT2D eigenvalue weighted by atomic mass is 16.5. The molecular weight excluding hydrogens is 294 g/mol. The van der Waals surface area contributed by atoms with E-state index in [1.807, 2.05) is 17.9 Å². The van der Waals surface area contributed by atoms with E-state index >= 15 is 0 Å². The summed E-state index contributed by atoms with van der Waals surface area (Å²) in [7, 11) is 0. The fourth-order valence-corrected chi connectivity index (χ4v) is 3.73. The smallest absolute Gasteiger partial charge is 0.272 e. The summed E-state index contributed by atoms with van der Waals surface area (Å²) in [4.78, 5) is 26.8. The Kier molecular flexibility index (Phi) is 3.41. The van der Waals surface area contributed by atoms with Crippen molar-refractivity contribution in [2.75, 3.05) is 13.2 Å². The SMILES string of the molecule is CCc1n[nH]c(=O)c2ccc(C(=O)N3C4CCC3COC4)cc12. The van der Waals surface area contributed by atoms with Gasteiger partial charge in [0.1, 0.15) is 0 Å². The molecule has 2 unspecified atom stereocenters. The van der Waals surface area contributed by atoms with Crippen LogP contribution >= 0.6 is 0 Å². The lowest BCUT2D eigenvalue weighted by molar-refractivity contribution is -0.00714. The molecule has 2 saturated heterocycles. The van der Waals surface area contributed by atoms with Crippen molar-refractivity contribution in [3.05, 3.63) is 39.8 Å². The molecule has 23 heavy (non-hydrogen) atoms. The number of hydrogen-bond donors (Lipinski definition) is 1. The van der Waals surface area contributed by atoms with Gasteiger partial charge in [0, 0.05) is 10.9 Å². The second kappa shape index (κ2) is 5.45. The molecule has 2 fully saturated rings. The number of carbonyl (C=O) groups excluding carboxylic acids is 1. The zero-order valence-electron chi connectivity index (χ0n) is 13.0. The van der Waals surface area contributed by atoms with E-state index in [1.165, 1.54) is 0 Å². The van der Waals surface area contributed by atoms with Crippen LogP contribution in [0.1, 0.15) is 35.8 Å². The first kappa shape index (κ1) is 14.4. The molecule has 1 amide bonds. The number of carbonyl (C=O) groups is 1. The average Bonchev–Trinajstić information content (AvgIpc) is 2.83. The van der Waals surface area contributed by atoms with E-state index in [2.05, 4.69) is 10.2 Å². The summed E-state index contributed by atoms with van der Waals surface area (Å²) in [6.45, 7) is 3.23. The number of morpholine rings is 1. The Balaban J connectivity index is 1.77. The second-order valence-electron chi connectivity index (χ2n) is 6.25. The van der Waals surface area contributed by atoms with Gasteiger partial charge in [-0.05, 0) is 37.5 Å². The number of rotatable bonds is 2. The Bertz CT molecular complexity index is 813. The van der Waals surface area contributed by atoms with Gasteiger partial charge in [0.2, 0.25) is 0 Å². The second-order valence-corrected chi connectivity index (χ2v) is 6.25. The molecular formula is C17H19N3O3. The predicted octanol–water partition coefficient (Wildman–Crippen LogP) is 1.49. The number of aromatic amines is 1. The van der Waals surface area contributed by atoms with Crippen LogP contribution in [0.3, 0.4) is 0 Å². The van der Waals surface area contributed by atoms with Crippen molar-refractivity contribution in [1.29, 1.82) is 0 Å². The third-order valence-electron chi connectivity index (χ3n) is 4.92. The van der Waals surface area contributed by atoms with E-state index in [-0.39, 0.29) is 23.6 Å². The number of nitrogens with one attached hydrogen (secondary N) is 1. The van der Waals surface area contributed by atoms with E-state index < -0.39 is 0 Å². The number of H-pyrrole nitrogens is 1. The Labute approximate surface area is 133 Å². The van der Waals surface area contributed by atoms with Gasteiger partial charge in [-0.15, -0.1) is 0 Å². The Morgan fingerprint density at radius 2 is 2.04 bits per heavy atom. The molecule has 1 aromatic carbocycles. The Hall–Kier alpha value is -2.21. The first-order valence-electron chi connectivity index (χ1n) is 8.10. The topological polar surface area (TPSA) is 75.3 Å². The van der Waals surface area contributed by atoms with Crippen molar-refractivity contribution in [3.8, 4) is 0 Å². The van der Waals surface area contributed by atoms with Crippen molar-refractivity contribution in [2.45, 2.75) is 38.3 Å². The average molecular weight is 313 g/mol. The fourth-order valence-electron chi connectivity index (χ4n) is 3.73. The van der Waals surface area contributed by atoms with Gasteiger partial charge in [-0.3, -0.25) is 9.59 Å². The lowest BCUT2D eigenvalue weighted by Gasteiger charge is -2.34. The fraction of sp³-hybridized carbons (Fsp3) is 0.471. The highest BCUT2D eigenvalue weighted by Crippen LogP contribution is 2.30. The van der Waals surface area contributed by atoms with Crippen molar-refractivity contribution >= 4 is 16.7 Å². The zero-order valence-corrected chi connectivity index (χ0v) is 13.0. The van der Waals surface area contributed by atoms with Crippen LogP contribution in [0.25, 0.3) is 10.8 Å². The van der Waals surface area contributed by atoms with E-state index in [9.17, 15) is 9.59 Å². The van der Waals surface area contributed by atoms with Gasteiger partial charge in [-0.2, -0.15) is 5.10 Å². The highest BCUT2D eigenvalue weighted by molar-refractivity contribution is 5.99. The molecule has 1 aromatic heterocycles. The quantitative estimate of drug-likeness (QED) is 0.911. The van der Waals surface area contributed by atoms with Crippen molar-refractivity contribution in [3.63, 3.8) is 0 Å². The molecule has 0 spiro atoms. The normalized spacial score (nSPS) is 23.4. The van der Waals surface area contributed by atoms with Crippen LogP contribution in [-0.2, 0) is 11.2 Å². The van der Waals surface area contributed by atoms with E-state index in [0.29, 0.717) is 30.6 Å². The predicted molar refractivity (Wildman–Crippen MR) is 85.5 cm³/mol. The van der Waals surface area contributed by atoms with Crippen molar-refractivity contribution in [1.82, 2.24) is 15.1 Å². The molecule has 120 valence electrons. The minimum Gasteiger partial charge on any atom is -0.377 e. The largest absolute Gasteiger partial charge is 0.377 e. The summed E-state index contributed by atoms with van der Waals surface area (Å²) in [5.41, 5.74) is 1.21. The minimum atomic E-state index is -0.220. The molecule has 6 nitrogen and oxygen atoms in total. The summed E-state index contributed by atoms with van der Waals surface area (Å²) in [6.07, 6.45) is 2.71. The number of aryl methyl sites for hydroxylation is 1. The lowest BCUT2D eigenvalue weighted by Crippen LogP contribution is -2.49. The molecule has 0 saturated carbocycles. The third-order valence-corrected chi connectivity index (χ3v) is 4.92. The highest BCUT2D eigenvalue weighted by Gasteiger charge is 2.40. The van der Waals surface area contributed by atoms with Gasteiger partial charge in [0.25, 0.3) is 11.5 Å². The van der Waals surface area contributed by atoms with Gasteiger partial charge in [-0.25, -0.2) is 5.10 Å². The third kappa shape index (κ3) is 2.25. The van der Waals surface area contributed by atoms with E-state index in [1.54, 1.807) is 12.1 Å². The summed E-state index contributed by atoms with van der Waals surface area (Å²) in [5, 5.41) is 7.96. The molecule has 0 aliphatic carbocycles. The molecule has 3 heterocycles. The molecule has 4 rings (SSSR count). The Morgan fingerprint density at radius 3 is 2.74 bits per heavy atom. The summed E-state index contributed by atoms with van der Waals surface area (Å²) in [6, 6.07) is 5.65. The first-order chi connectivity index (χ1) is 11.2. The van der Waals surface area contributed by atoms with Crippen molar-refractivity contribution < 1.29 is 9.53 Å². The van der Waals surface area contributed by atoms with Gasteiger partial charge in [-0.1, -0.05) is 6.92 Å². The number of hydrogen-bond acceptors (Lipinski definition) is 4. The zero-order chi connectivity index (χ0) is 16.0. The Morgan fingerprint density at radius 1 is 1.30 bits per heavy atom. The summed E-state index contributed by atoms with van der Waals surface area (Å²) >= 11 is 0. The van der Waals surface area contributed by atoms with Gasteiger partial charge in [0.15, 0.2) is 0 Å². The minimum absolute atomic E-state index is 0.0324. The maximum absolute atomic E-state index is 13.0.